The van der Waals surface area contributed by atoms with E-state index in [1.165, 1.54) is 41.5 Å². The summed E-state index contributed by atoms with van der Waals surface area (Å²) in [6.45, 7) is 0.340. The highest BCUT2D eigenvalue weighted by atomic mass is 32.1. The Balaban J connectivity index is 1.43. The molecular formula is C20H18FN3O5S. The molecule has 0 saturated carbocycles. The second-order valence-corrected chi connectivity index (χ2v) is 7.90. The van der Waals surface area contributed by atoms with Crippen LogP contribution in [-0.2, 0) is 19.1 Å². The molecule has 2 aromatic rings. The van der Waals surface area contributed by atoms with E-state index in [2.05, 4.69) is 10.6 Å². The normalized spacial score (nSPS) is 20.1. The first kappa shape index (κ1) is 20.0. The summed E-state index contributed by atoms with van der Waals surface area (Å²) in [6.07, 6.45) is 0.170. The lowest BCUT2D eigenvalue weighted by Crippen LogP contribution is -2.42. The monoisotopic (exact) mass is 431 g/mol. The fraction of sp³-hybridized carbons (Fsp3) is 0.300. The maximum atomic E-state index is 13.5. The van der Waals surface area contributed by atoms with Gasteiger partial charge in [0.2, 0.25) is 17.7 Å². The standard InChI is InChI=1S/C20H18FN3O5S/c1-29-20(28)11-5-7-30-19(11)24-6-4-15(18(24)27)22-16(25)9-13-12-8-10(21)2-3-14(12)23-17(13)26/h2-3,5,7-8,13,15H,4,6,9H2,1H3,(H,22,25)(H,23,26). The minimum absolute atomic E-state index is 0.196. The molecule has 1 aromatic carbocycles. The molecule has 156 valence electrons. The molecule has 3 heterocycles. The number of halogens is 1. The molecule has 2 atom stereocenters. The van der Waals surface area contributed by atoms with Gasteiger partial charge in [-0.25, -0.2) is 9.18 Å². The zero-order chi connectivity index (χ0) is 21.4. The molecule has 30 heavy (non-hydrogen) atoms. The molecule has 3 amide bonds. The second-order valence-electron chi connectivity index (χ2n) is 7.01. The van der Waals surface area contributed by atoms with Gasteiger partial charge in [0.1, 0.15) is 16.9 Å². The predicted molar refractivity (Wildman–Crippen MR) is 107 cm³/mol. The van der Waals surface area contributed by atoms with Crippen molar-refractivity contribution >= 4 is 45.7 Å². The lowest BCUT2D eigenvalue weighted by atomic mass is 9.96. The number of carbonyl (C=O) groups excluding carboxylic acids is 4. The Morgan fingerprint density at radius 2 is 2.13 bits per heavy atom. The van der Waals surface area contributed by atoms with Crippen LogP contribution in [0.2, 0.25) is 0 Å². The van der Waals surface area contributed by atoms with Crippen LogP contribution in [-0.4, -0.2) is 43.4 Å². The highest BCUT2D eigenvalue weighted by Crippen LogP contribution is 2.35. The van der Waals surface area contributed by atoms with Crippen molar-refractivity contribution < 1.29 is 28.3 Å². The van der Waals surface area contributed by atoms with Crippen molar-refractivity contribution in [2.24, 2.45) is 0 Å². The summed E-state index contributed by atoms with van der Waals surface area (Å²) in [5.74, 6) is -3.04. The van der Waals surface area contributed by atoms with Gasteiger partial charge in [-0.3, -0.25) is 14.4 Å². The molecule has 10 heteroatoms. The Kier molecular flexibility index (Phi) is 5.25. The van der Waals surface area contributed by atoms with Crippen molar-refractivity contribution in [2.45, 2.75) is 24.8 Å². The van der Waals surface area contributed by atoms with E-state index in [1.54, 1.807) is 11.4 Å². The zero-order valence-corrected chi connectivity index (χ0v) is 16.8. The van der Waals surface area contributed by atoms with Crippen molar-refractivity contribution in [3.63, 3.8) is 0 Å². The third-order valence-electron chi connectivity index (χ3n) is 5.19. The minimum Gasteiger partial charge on any atom is -0.465 e. The van der Waals surface area contributed by atoms with Crippen LogP contribution in [0, 0.1) is 5.82 Å². The predicted octanol–water partition coefficient (Wildman–Crippen LogP) is 2.02. The van der Waals surface area contributed by atoms with Crippen molar-refractivity contribution in [3.8, 4) is 0 Å². The number of esters is 1. The summed E-state index contributed by atoms with van der Waals surface area (Å²) in [7, 11) is 1.27. The highest BCUT2D eigenvalue weighted by Gasteiger charge is 2.38. The summed E-state index contributed by atoms with van der Waals surface area (Å²) in [5.41, 5.74) is 1.20. The SMILES string of the molecule is COC(=O)c1ccsc1N1CCC(NC(=O)CC2C(=O)Nc3ccc(F)cc32)C1=O. The smallest absolute Gasteiger partial charge is 0.340 e. The van der Waals surface area contributed by atoms with Gasteiger partial charge < -0.3 is 20.3 Å². The maximum Gasteiger partial charge on any atom is 0.340 e. The number of carbonyl (C=O) groups is 4. The number of nitrogens with zero attached hydrogens (tertiary/aromatic N) is 1. The molecule has 0 bridgehead atoms. The van der Waals surface area contributed by atoms with Gasteiger partial charge in [-0.1, -0.05) is 0 Å². The number of rotatable bonds is 5. The van der Waals surface area contributed by atoms with E-state index in [0.29, 0.717) is 34.8 Å². The Hall–Kier alpha value is -3.27. The Bertz CT molecular complexity index is 1050. The van der Waals surface area contributed by atoms with Gasteiger partial charge in [0.25, 0.3) is 0 Å². The van der Waals surface area contributed by atoms with Gasteiger partial charge in [0.15, 0.2) is 0 Å². The molecule has 0 radical (unpaired) electrons. The number of nitrogens with one attached hydrogen (secondary N) is 2. The Morgan fingerprint density at radius 1 is 1.33 bits per heavy atom. The molecule has 1 saturated heterocycles. The van der Waals surface area contributed by atoms with E-state index in [4.69, 9.17) is 4.74 Å². The molecule has 0 aliphatic carbocycles. The molecule has 2 aliphatic heterocycles. The number of ether oxygens (including phenoxy) is 1. The third kappa shape index (κ3) is 3.54. The topological polar surface area (TPSA) is 105 Å². The van der Waals surface area contributed by atoms with Gasteiger partial charge in [0, 0.05) is 18.7 Å². The molecule has 0 spiro atoms. The maximum absolute atomic E-state index is 13.5. The zero-order valence-electron chi connectivity index (χ0n) is 15.9. The van der Waals surface area contributed by atoms with Crippen LogP contribution in [0.15, 0.2) is 29.6 Å². The van der Waals surface area contributed by atoms with E-state index in [-0.39, 0.29) is 18.2 Å². The van der Waals surface area contributed by atoms with Gasteiger partial charge in [-0.2, -0.15) is 0 Å². The Labute approximate surface area is 175 Å². The number of thiophene rings is 1. The van der Waals surface area contributed by atoms with Crippen LogP contribution in [0.3, 0.4) is 0 Å². The van der Waals surface area contributed by atoms with Gasteiger partial charge >= 0.3 is 5.97 Å². The quantitative estimate of drug-likeness (QED) is 0.705. The number of hydrogen-bond acceptors (Lipinski definition) is 6. The van der Waals surface area contributed by atoms with Crippen LogP contribution in [0.5, 0.6) is 0 Å². The minimum atomic E-state index is -0.813. The molecule has 4 rings (SSSR count). The third-order valence-corrected chi connectivity index (χ3v) is 6.12. The lowest BCUT2D eigenvalue weighted by Gasteiger charge is -2.17. The van der Waals surface area contributed by atoms with Crippen LogP contribution < -0.4 is 15.5 Å². The number of methoxy groups -OCH3 is 1. The van der Waals surface area contributed by atoms with E-state index in [1.807, 2.05) is 0 Å². The first-order chi connectivity index (χ1) is 14.4. The second kappa shape index (κ2) is 7.86. The van der Waals surface area contributed by atoms with Gasteiger partial charge in [0.05, 0.1) is 18.6 Å². The van der Waals surface area contributed by atoms with Gasteiger partial charge in [-0.15, -0.1) is 11.3 Å². The highest BCUT2D eigenvalue weighted by molar-refractivity contribution is 7.14. The molecular weight excluding hydrogens is 413 g/mol. The molecule has 1 fully saturated rings. The summed E-state index contributed by atoms with van der Waals surface area (Å²) in [4.78, 5) is 50.8. The van der Waals surface area contributed by atoms with E-state index >= 15 is 0 Å². The molecule has 1 aromatic heterocycles. The molecule has 2 aliphatic rings. The first-order valence-corrected chi connectivity index (χ1v) is 10.1. The van der Waals surface area contributed by atoms with Crippen molar-refractivity contribution in [1.29, 1.82) is 0 Å². The van der Waals surface area contributed by atoms with Crippen molar-refractivity contribution in [2.75, 3.05) is 23.9 Å². The molecule has 2 unspecified atom stereocenters. The summed E-state index contributed by atoms with van der Waals surface area (Å²) in [5, 5.41) is 7.45. The summed E-state index contributed by atoms with van der Waals surface area (Å²) < 4.78 is 18.3. The average Bonchev–Trinajstić information content (AvgIpc) is 3.41. The summed E-state index contributed by atoms with van der Waals surface area (Å²) >= 11 is 1.24. The fourth-order valence-corrected chi connectivity index (χ4v) is 4.65. The average molecular weight is 431 g/mol. The van der Waals surface area contributed by atoms with Crippen molar-refractivity contribution in [1.82, 2.24) is 5.32 Å². The van der Waals surface area contributed by atoms with Crippen LogP contribution >= 0.6 is 11.3 Å². The first-order valence-electron chi connectivity index (χ1n) is 9.26. The van der Waals surface area contributed by atoms with Crippen LogP contribution in [0.1, 0.15) is 34.7 Å². The molecule has 8 nitrogen and oxygen atoms in total. The molecule has 2 N–H and O–H groups in total. The van der Waals surface area contributed by atoms with Crippen LogP contribution in [0.4, 0.5) is 15.1 Å². The Morgan fingerprint density at radius 3 is 2.90 bits per heavy atom. The van der Waals surface area contributed by atoms with E-state index < -0.39 is 29.7 Å². The van der Waals surface area contributed by atoms with Crippen molar-refractivity contribution in [3.05, 3.63) is 46.6 Å². The number of benzene rings is 1. The summed E-state index contributed by atoms with van der Waals surface area (Å²) in [6, 6.07) is 4.75. The largest absolute Gasteiger partial charge is 0.465 e. The van der Waals surface area contributed by atoms with Crippen LogP contribution in [0.25, 0.3) is 0 Å². The van der Waals surface area contributed by atoms with E-state index in [0.717, 1.165) is 0 Å². The number of hydrogen-bond donors (Lipinski definition) is 2. The number of anilines is 2. The van der Waals surface area contributed by atoms with E-state index in [9.17, 15) is 23.6 Å². The van der Waals surface area contributed by atoms with Gasteiger partial charge in [-0.05, 0) is 41.6 Å². The number of fused-ring (bicyclic) bond motifs is 1. The fourth-order valence-electron chi connectivity index (χ4n) is 3.73. The lowest BCUT2D eigenvalue weighted by molar-refractivity contribution is -0.128. The number of amides is 3.